The highest BCUT2D eigenvalue weighted by Crippen LogP contribution is 2.28. The molecule has 0 unspecified atom stereocenters. The lowest BCUT2D eigenvalue weighted by Crippen LogP contribution is -2.10. The number of nitrogen functional groups attached to an aromatic ring is 1. The summed E-state index contributed by atoms with van der Waals surface area (Å²) in [4.78, 5) is 0. The molecule has 0 amide bonds. The summed E-state index contributed by atoms with van der Waals surface area (Å²) in [7, 11) is 1.84. The van der Waals surface area contributed by atoms with E-state index in [4.69, 9.17) is 10.5 Å². The molecule has 1 saturated carbocycles. The first-order chi connectivity index (χ1) is 9.24. The van der Waals surface area contributed by atoms with Crippen molar-refractivity contribution in [2.75, 3.05) is 5.73 Å². The molecule has 2 aromatic rings. The number of rotatable bonds is 3. The Balaban J connectivity index is 1.76. The number of ether oxygens (including phenoxy) is 1. The highest BCUT2D eigenvalue weighted by molar-refractivity contribution is 5.73. The zero-order valence-electron chi connectivity index (χ0n) is 11.2. The molecule has 0 spiro atoms. The summed E-state index contributed by atoms with van der Waals surface area (Å²) in [6.07, 6.45) is 7.12. The van der Waals surface area contributed by atoms with E-state index in [-0.39, 0.29) is 0 Å². The van der Waals surface area contributed by atoms with Crippen molar-refractivity contribution in [2.45, 2.75) is 31.8 Å². The monoisotopic (exact) mass is 257 g/mol. The van der Waals surface area contributed by atoms with Crippen LogP contribution < -0.4 is 10.5 Å². The molecule has 1 heterocycles. The Morgan fingerprint density at radius 3 is 2.47 bits per heavy atom. The molecule has 1 aromatic carbocycles. The molecule has 1 fully saturated rings. The van der Waals surface area contributed by atoms with Crippen LogP contribution in [0.25, 0.3) is 11.1 Å². The molecule has 1 aliphatic carbocycles. The number of benzene rings is 1. The third kappa shape index (κ3) is 2.43. The second-order valence-electron chi connectivity index (χ2n) is 5.12. The minimum absolute atomic E-state index is 0.398. The molecule has 0 aliphatic heterocycles. The maximum Gasteiger partial charge on any atom is 0.129 e. The van der Waals surface area contributed by atoms with E-state index in [2.05, 4.69) is 5.10 Å². The van der Waals surface area contributed by atoms with E-state index in [0.717, 1.165) is 16.9 Å². The van der Waals surface area contributed by atoms with Gasteiger partial charge < -0.3 is 10.5 Å². The molecule has 4 heteroatoms. The Bertz CT molecular complexity index is 553. The van der Waals surface area contributed by atoms with E-state index in [1.807, 2.05) is 31.3 Å². The van der Waals surface area contributed by atoms with Crippen molar-refractivity contribution in [3.63, 3.8) is 0 Å². The van der Waals surface area contributed by atoms with Crippen LogP contribution in [-0.4, -0.2) is 15.9 Å². The molecule has 1 aromatic heterocycles. The van der Waals surface area contributed by atoms with Gasteiger partial charge in [0.2, 0.25) is 0 Å². The summed E-state index contributed by atoms with van der Waals surface area (Å²) in [6, 6.07) is 8.11. The normalized spacial score (nSPS) is 15.8. The molecule has 0 saturated heterocycles. The minimum Gasteiger partial charge on any atom is -0.490 e. The van der Waals surface area contributed by atoms with Gasteiger partial charge in [-0.25, -0.2) is 0 Å². The second-order valence-corrected chi connectivity index (χ2v) is 5.12. The maximum atomic E-state index is 5.97. The van der Waals surface area contributed by atoms with E-state index in [1.165, 1.54) is 25.7 Å². The lowest BCUT2D eigenvalue weighted by atomic mass is 10.1. The molecule has 3 rings (SSSR count). The van der Waals surface area contributed by atoms with Crippen LogP contribution in [0.3, 0.4) is 0 Å². The zero-order chi connectivity index (χ0) is 13.2. The third-order valence-corrected chi connectivity index (χ3v) is 3.75. The van der Waals surface area contributed by atoms with Crippen LogP contribution in [0.15, 0.2) is 30.5 Å². The number of aryl methyl sites for hydroxylation is 1. The number of nitrogens with zero attached hydrogens (tertiary/aromatic N) is 2. The van der Waals surface area contributed by atoms with Crippen LogP contribution in [0.5, 0.6) is 5.75 Å². The number of nitrogens with two attached hydrogens (primary N) is 1. The largest absolute Gasteiger partial charge is 0.490 e. The van der Waals surface area contributed by atoms with Gasteiger partial charge in [-0.1, -0.05) is 12.1 Å². The van der Waals surface area contributed by atoms with E-state index >= 15 is 0 Å². The van der Waals surface area contributed by atoms with Gasteiger partial charge in [0.05, 0.1) is 12.3 Å². The first kappa shape index (κ1) is 12.1. The Morgan fingerprint density at radius 2 is 1.89 bits per heavy atom. The maximum absolute atomic E-state index is 5.97. The van der Waals surface area contributed by atoms with Crippen molar-refractivity contribution < 1.29 is 4.74 Å². The van der Waals surface area contributed by atoms with Crippen LogP contribution in [0, 0.1) is 0 Å². The molecule has 1 aliphatic rings. The van der Waals surface area contributed by atoms with Gasteiger partial charge >= 0.3 is 0 Å². The van der Waals surface area contributed by atoms with Gasteiger partial charge in [0, 0.05) is 12.6 Å². The van der Waals surface area contributed by atoms with Crippen molar-refractivity contribution in [1.29, 1.82) is 0 Å². The fraction of sp³-hybridized carbons (Fsp3) is 0.400. The number of hydrogen-bond acceptors (Lipinski definition) is 3. The summed E-state index contributed by atoms with van der Waals surface area (Å²) in [5.41, 5.74) is 8.01. The van der Waals surface area contributed by atoms with E-state index in [9.17, 15) is 0 Å². The molecule has 0 radical (unpaired) electrons. The fourth-order valence-electron chi connectivity index (χ4n) is 2.58. The highest BCUT2D eigenvalue weighted by atomic mass is 16.5. The van der Waals surface area contributed by atoms with Gasteiger partial charge in [-0.2, -0.15) is 5.10 Å². The van der Waals surface area contributed by atoms with Gasteiger partial charge in [0.25, 0.3) is 0 Å². The van der Waals surface area contributed by atoms with Gasteiger partial charge in [0.15, 0.2) is 0 Å². The topological polar surface area (TPSA) is 53.1 Å². The minimum atomic E-state index is 0.398. The molecular formula is C15H19N3O. The summed E-state index contributed by atoms with van der Waals surface area (Å²) in [5.74, 6) is 1.63. The fourth-order valence-corrected chi connectivity index (χ4v) is 2.58. The standard InChI is InChI=1S/C15H19N3O/c1-18-15(16)14(10-17-18)11-6-8-13(9-7-11)19-12-4-2-3-5-12/h6-10,12H,2-5,16H2,1H3. The summed E-state index contributed by atoms with van der Waals surface area (Å²) in [5, 5.41) is 4.16. The second kappa shape index (κ2) is 4.96. The average molecular weight is 257 g/mol. The molecule has 19 heavy (non-hydrogen) atoms. The van der Waals surface area contributed by atoms with Crippen molar-refractivity contribution in [3.8, 4) is 16.9 Å². The van der Waals surface area contributed by atoms with Crippen LogP contribution in [0.1, 0.15) is 25.7 Å². The lowest BCUT2D eigenvalue weighted by Gasteiger charge is -2.13. The molecule has 2 N–H and O–H groups in total. The molecule has 0 atom stereocenters. The first-order valence-electron chi connectivity index (χ1n) is 6.78. The molecule has 100 valence electrons. The lowest BCUT2D eigenvalue weighted by molar-refractivity contribution is 0.210. The van der Waals surface area contributed by atoms with E-state index in [0.29, 0.717) is 11.9 Å². The van der Waals surface area contributed by atoms with Crippen molar-refractivity contribution >= 4 is 5.82 Å². The van der Waals surface area contributed by atoms with E-state index < -0.39 is 0 Å². The Hall–Kier alpha value is -1.97. The Labute approximate surface area is 113 Å². The number of hydrogen-bond donors (Lipinski definition) is 1. The van der Waals surface area contributed by atoms with Gasteiger partial charge in [-0.3, -0.25) is 4.68 Å². The summed E-state index contributed by atoms with van der Waals surface area (Å²) >= 11 is 0. The summed E-state index contributed by atoms with van der Waals surface area (Å²) in [6.45, 7) is 0. The van der Waals surface area contributed by atoms with Crippen LogP contribution in [0.4, 0.5) is 5.82 Å². The van der Waals surface area contributed by atoms with Gasteiger partial charge in [-0.05, 0) is 43.4 Å². The van der Waals surface area contributed by atoms with Crippen molar-refractivity contribution in [1.82, 2.24) is 9.78 Å². The Kier molecular flexibility index (Phi) is 3.15. The Morgan fingerprint density at radius 1 is 1.21 bits per heavy atom. The third-order valence-electron chi connectivity index (χ3n) is 3.75. The highest BCUT2D eigenvalue weighted by Gasteiger charge is 2.16. The summed E-state index contributed by atoms with van der Waals surface area (Å²) < 4.78 is 7.63. The average Bonchev–Trinajstić information content (AvgIpc) is 3.03. The number of anilines is 1. The smallest absolute Gasteiger partial charge is 0.129 e. The van der Waals surface area contributed by atoms with Crippen LogP contribution in [-0.2, 0) is 7.05 Å². The van der Waals surface area contributed by atoms with Gasteiger partial charge in [-0.15, -0.1) is 0 Å². The first-order valence-corrected chi connectivity index (χ1v) is 6.78. The predicted molar refractivity (Wildman–Crippen MR) is 75.9 cm³/mol. The zero-order valence-corrected chi connectivity index (χ0v) is 11.2. The number of aromatic nitrogens is 2. The van der Waals surface area contributed by atoms with Crippen molar-refractivity contribution in [3.05, 3.63) is 30.5 Å². The molecular weight excluding hydrogens is 238 g/mol. The SMILES string of the molecule is Cn1ncc(-c2ccc(OC3CCCC3)cc2)c1N. The quantitative estimate of drug-likeness (QED) is 0.919. The van der Waals surface area contributed by atoms with Crippen molar-refractivity contribution in [2.24, 2.45) is 7.05 Å². The van der Waals surface area contributed by atoms with Gasteiger partial charge in [0.1, 0.15) is 11.6 Å². The molecule has 4 nitrogen and oxygen atoms in total. The predicted octanol–water partition coefficient (Wildman–Crippen LogP) is 2.99. The van der Waals surface area contributed by atoms with Crippen LogP contribution >= 0.6 is 0 Å². The van der Waals surface area contributed by atoms with Crippen LogP contribution in [0.2, 0.25) is 0 Å². The van der Waals surface area contributed by atoms with E-state index in [1.54, 1.807) is 10.9 Å². The molecule has 0 bridgehead atoms.